The average molecular weight is 248 g/mol. The van der Waals surface area contributed by atoms with E-state index in [1.807, 2.05) is 12.1 Å². The standard InChI is InChI=1S/C15H20O3/c16-13-5-3-1-2-4-12(13)11-6-7-14-15(10-11)18-9-8-17-14/h6-7,10,12-13,16H,1-5,8-9H2. The number of hydrogen-bond acceptors (Lipinski definition) is 3. The molecule has 1 aliphatic carbocycles. The van der Waals surface area contributed by atoms with Gasteiger partial charge in [-0.3, -0.25) is 0 Å². The van der Waals surface area contributed by atoms with Gasteiger partial charge in [-0.2, -0.15) is 0 Å². The van der Waals surface area contributed by atoms with E-state index in [1.54, 1.807) is 0 Å². The predicted molar refractivity (Wildman–Crippen MR) is 69.3 cm³/mol. The van der Waals surface area contributed by atoms with Gasteiger partial charge in [0.15, 0.2) is 11.5 Å². The normalized spacial score (nSPS) is 27.6. The van der Waals surface area contributed by atoms with Gasteiger partial charge in [0, 0.05) is 5.92 Å². The molecule has 1 aromatic rings. The molecule has 1 saturated carbocycles. The van der Waals surface area contributed by atoms with Gasteiger partial charge in [-0.1, -0.05) is 25.3 Å². The highest BCUT2D eigenvalue weighted by Gasteiger charge is 2.24. The van der Waals surface area contributed by atoms with E-state index in [0.29, 0.717) is 13.2 Å². The molecule has 3 nitrogen and oxygen atoms in total. The summed E-state index contributed by atoms with van der Waals surface area (Å²) in [6.45, 7) is 1.24. The molecule has 2 atom stereocenters. The van der Waals surface area contributed by atoms with Gasteiger partial charge in [-0.05, 0) is 30.5 Å². The minimum atomic E-state index is -0.213. The number of aliphatic hydroxyl groups is 1. The Balaban J connectivity index is 1.86. The van der Waals surface area contributed by atoms with E-state index in [-0.39, 0.29) is 12.0 Å². The average Bonchev–Trinajstić information content (AvgIpc) is 2.63. The third kappa shape index (κ3) is 2.32. The Morgan fingerprint density at radius 1 is 0.944 bits per heavy atom. The predicted octanol–water partition coefficient (Wildman–Crippen LogP) is 2.87. The maximum Gasteiger partial charge on any atom is 0.161 e. The number of hydrogen-bond donors (Lipinski definition) is 1. The van der Waals surface area contributed by atoms with E-state index in [4.69, 9.17) is 9.47 Å². The molecule has 0 bridgehead atoms. The molecule has 3 rings (SSSR count). The van der Waals surface area contributed by atoms with E-state index < -0.39 is 0 Å². The minimum Gasteiger partial charge on any atom is -0.486 e. The fourth-order valence-corrected chi connectivity index (χ4v) is 2.97. The topological polar surface area (TPSA) is 38.7 Å². The molecule has 1 heterocycles. The molecule has 0 spiro atoms. The van der Waals surface area contributed by atoms with Crippen molar-refractivity contribution in [2.75, 3.05) is 13.2 Å². The molecule has 1 fully saturated rings. The summed E-state index contributed by atoms with van der Waals surface area (Å²) in [5.74, 6) is 1.91. The van der Waals surface area contributed by atoms with Gasteiger partial charge in [0.25, 0.3) is 0 Å². The molecule has 0 radical (unpaired) electrons. The summed E-state index contributed by atoms with van der Waals surface area (Å²) in [7, 11) is 0. The zero-order chi connectivity index (χ0) is 12.4. The summed E-state index contributed by atoms with van der Waals surface area (Å²) in [5, 5.41) is 10.2. The minimum absolute atomic E-state index is 0.213. The third-order valence-electron chi connectivity index (χ3n) is 3.97. The molecule has 2 aliphatic rings. The molecular weight excluding hydrogens is 228 g/mol. The van der Waals surface area contributed by atoms with Crippen LogP contribution in [0.1, 0.15) is 43.6 Å². The molecule has 1 N–H and O–H groups in total. The lowest BCUT2D eigenvalue weighted by Crippen LogP contribution is -2.19. The van der Waals surface area contributed by atoms with Crippen molar-refractivity contribution in [2.24, 2.45) is 0 Å². The lowest BCUT2D eigenvalue weighted by molar-refractivity contribution is 0.134. The number of benzene rings is 1. The monoisotopic (exact) mass is 248 g/mol. The van der Waals surface area contributed by atoms with E-state index in [2.05, 4.69) is 6.07 Å². The van der Waals surface area contributed by atoms with E-state index in [1.165, 1.54) is 18.4 Å². The second kappa shape index (κ2) is 5.19. The number of fused-ring (bicyclic) bond motifs is 1. The molecule has 18 heavy (non-hydrogen) atoms. The maximum atomic E-state index is 10.2. The Labute approximate surface area is 108 Å². The summed E-state index contributed by atoms with van der Waals surface area (Å²) in [6, 6.07) is 6.10. The first kappa shape index (κ1) is 11.8. The second-order valence-corrected chi connectivity index (χ2v) is 5.21. The Kier molecular flexibility index (Phi) is 3.41. The summed E-state index contributed by atoms with van der Waals surface area (Å²) in [6.07, 6.45) is 5.35. The van der Waals surface area contributed by atoms with Gasteiger partial charge in [0.1, 0.15) is 13.2 Å². The zero-order valence-corrected chi connectivity index (χ0v) is 10.6. The van der Waals surface area contributed by atoms with Crippen LogP contribution < -0.4 is 9.47 Å². The molecule has 0 aromatic heterocycles. The Bertz CT molecular complexity index is 416. The second-order valence-electron chi connectivity index (χ2n) is 5.21. The Morgan fingerprint density at radius 2 is 1.72 bits per heavy atom. The zero-order valence-electron chi connectivity index (χ0n) is 10.6. The molecule has 0 amide bonds. The highest BCUT2D eigenvalue weighted by Crippen LogP contribution is 2.37. The van der Waals surface area contributed by atoms with Gasteiger partial charge in [-0.15, -0.1) is 0 Å². The molecule has 2 unspecified atom stereocenters. The molecular formula is C15H20O3. The van der Waals surface area contributed by atoms with Gasteiger partial charge in [0.2, 0.25) is 0 Å². The van der Waals surface area contributed by atoms with Gasteiger partial charge < -0.3 is 14.6 Å². The smallest absolute Gasteiger partial charge is 0.161 e. The van der Waals surface area contributed by atoms with Gasteiger partial charge in [-0.25, -0.2) is 0 Å². The first-order valence-electron chi connectivity index (χ1n) is 6.92. The third-order valence-corrected chi connectivity index (χ3v) is 3.97. The van der Waals surface area contributed by atoms with Crippen molar-refractivity contribution < 1.29 is 14.6 Å². The lowest BCUT2D eigenvalue weighted by atomic mass is 9.89. The fraction of sp³-hybridized carbons (Fsp3) is 0.600. The summed E-state index contributed by atoms with van der Waals surface area (Å²) < 4.78 is 11.1. The van der Waals surface area contributed by atoms with Gasteiger partial charge in [0.05, 0.1) is 6.10 Å². The Hall–Kier alpha value is -1.22. The first-order valence-corrected chi connectivity index (χ1v) is 6.92. The van der Waals surface area contributed by atoms with E-state index in [0.717, 1.165) is 30.8 Å². The highest BCUT2D eigenvalue weighted by molar-refractivity contribution is 5.45. The van der Waals surface area contributed by atoms with Crippen molar-refractivity contribution in [3.8, 4) is 11.5 Å². The molecule has 3 heteroatoms. The summed E-state index contributed by atoms with van der Waals surface area (Å²) >= 11 is 0. The molecule has 0 saturated heterocycles. The highest BCUT2D eigenvalue weighted by atomic mass is 16.6. The molecule has 1 aliphatic heterocycles. The summed E-state index contributed by atoms with van der Waals surface area (Å²) in [4.78, 5) is 0. The quantitative estimate of drug-likeness (QED) is 0.777. The van der Waals surface area contributed by atoms with Crippen molar-refractivity contribution in [2.45, 2.75) is 44.1 Å². The maximum absolute atomic E-state index is 10.2. The Morgan fingerprint density at radius 3 is 2.61 bits per heavy atom. The summed E-state index contributed by atoms with van der Waals surface area (Å²) in [5.41, 5.74) is 1.19. The largest absolute Gasteiger partial charge is 0.486 e. The van der Waals surface area contributed by atoms with Crippen LogP contribution in [-0.4, -0.2) is 24.4 Å². The van der Waals surface area contributed by atoms with Crippen molar-refractivity contribution in [3.05, 3.63) is 23.8 Å². The van der Waals surface area contributed by atoms with Crippen LogP contribution in [0.3, 0.4) is 0 Å². The van der Waals surface area contributed by atoms with Crippen LogP contribution in [0, 0.1) is 0 Å². The van der Waals surface area contributed by atoms with Crippen LogP contribution in [0.15, 0.2) is 18.2 Å². The van der Waals surface area contributed by atoms with Crippen molar-refractivity contribution >= 4 is 0 Å². The van der Waals surface area contributed by atoms with Gasteiger partial charge >= 0.3 is 0 Å². The van der Waals surface area contributed by atoms with Crippen LogP contribution in [0.2, 0.25) is 0 Å². The van der Waals surface area contributed by atoms with Crippen LogP contribution in [0.4, 0.5) is 0 Å². The van der Waals surface area contributed by atoms with Crippen molar-refractivity contribution in [1.82, 2.24) is 0 Å². The number of rotatable bonds is 1. The van der Waals surface area contributed by atoms with Crippen LogP contribution in [0.25, 0.3) is 0 Å². The molecule has 1 aromatic carbocycles. The fourth-order valence-electron chi connectivity index (χ4n) is 2.97. The van der Waals surface area contributed by atoms with Crippen molar-refractivity contribution in [1.29, 1.82) is 0 Å². The van der Waals surface area contributed by atoms with Crippen LogP contribution in [0.5, 0.6) is 11.5 Å². The lowest BCUT2D eigenvalue weighted by Gasteiger charge is -2.24. The number of ether oxygens (including phenoxy) is 2. The number of aliphatic hydroxyl groups excluding tert-OH is 1. The van der Waals surface area contributed by atoms with Crippen LogP contribution in [-0.2, 0) is 0 Å². The SMILES string of the molecule is OC1CCCCCC1c1ccc2c(c1)OCCO2. The van der Waals surface area contributed by atoms with Crippen molar-refractivity contribution in [3.63, 3.8) is 0 Å². The first-order chi connectivity index (χ1) is 8.84. The van der Waals surface area contributed by atoms with E-state index >= 15 is 0 Å². The molecule has 98 valence electrons. The van der Waals surface area contributed by atoms with Crippen LogP contribution >= 0.6 is 0 Å². The van der Waals surface area contributed by atoms with E-state index in [9.17, 15) is 5.11 Å².